The van der Waals surface area contributed by atoms with Gasteiger partial charge in [0, 0.05) is 10.6 Å². The Kier molecular flexibility index (Phi) is 7.16. The molecule has 1 aromatic heterocycles. The molecule has 4 aromatic rings. The molecule has 0 fully saturated rings. The molecule has 0 unspecified atom stereocenters. The second-order valence-electron chi connectivity index (χ2n) is 7.08. The van der Waals surface area contributed by atoms with Crippen LogP contribution in [-0.2, 0) is 11.3 Å². The molecule has 0 saturated carbocycles. The number of para-hydroxylation sites is 3. The summed E-state index contributed by atoms with van der Waals surface area (Å²) >= 11 is 7.34. The molecule has 0 aliphatic carbocycles. The average Bonchev–Trinajstić information content (AvgIpc) is 3.17. The number of rotatable bonds is 8. The number of amides is 1. The lowest BCUT2D eigenvalue weighted by atomic mass is 10.2. The largest absolute Gasteiger partial charge is 0.504 e. The number of carbonyl (C=O) groups is 1. The van der Waals surface area contributed by atoms with Gasteiger partial charge in [-0.15, -0.1) is 0 Å². The fraction of sp³-hybridized carbons (Fsp3) is 0.125. The number of benzene rings is 3. The van der Waals surface area contributed by atoms with E-state index in [4.69, 9.17) is 21.3 Å². The van der Waals surface area contributed by atoms with Crippen molar-refractivity contribution < 1.29 is 14.6 Å². The Labute approximate surface area is 200 Å². The van der Waals surface area contributed by atoms with E-state index in [-0.39, 0.29) is 17.4 Å². The molecule has 1 heterocycles. The summed E-state index contributed by atoms with van der Waals surface area (Å²) in [5.41, 5.74) is 5.85. The van der Waals surface area contributed by atoms with E-state index in [1.54, 1.807) is 18.2 Å². The first-order chi connectivity index (χ1) is 16.0. The Morgan fingerprint density at radius 3 is 2.76 bits per heavy atom. The molecule has 2 N–H and O–H groups in total. The van der Waals surface area contributed by atoms with Crippen LogP contribution in [0.3, 0.4) is 0 Å². The maximum Gasteiger partial charge on any atom is 0.250 e. The number of aromatic hydroxyl groups is 1. The summed E-state index contributed by atoms with van der Waals surface area (Å²) in [6.45, 7) is 0.606. The van der Waals surface area contributed by atoms with Gasteiger partial charge < -0.3 is 14.4 Å². The van der Waals surface area contributed by atoms with Crippen LogP contribution in [0, 0.1) is 0 Å². The summed E-state index contributed by atoms with van der Waals surface area (Å²) in [4.78, 5) is 17.0. The first-order valence-corrected chi connectivity index (χ1v) is 11.4. The van der Waals surface area contributed by atoms with Crippen LogP contribution >= 0.6 is 23.4 Å². The summed E-state index contributed by atoms with van der Waals surface area (Å²) in [6, 6.07) is 20.5. The monoisotopic (exact) mass is 480 g/mol. The molecular weight excluding hydrogens is 460 g/mol. The Balaban J connectivity index is 1.44. The van der Waals surface area contributed by atoms with Gasteiger partial charge in [-0.1, -0.05) is 53.7 Å². The third-order valence-electron chi connectivity index (χ3n) is 4.85. The number of hydrazone groups is 1. The number of halogens is 1. The molecule has 4 rings (SSSR count). The molecule has 0 saturated heterocycles. The number of aromatic nitrogens is 2. The SMILES string of the molecule is COc1cccc(/C=N\NC(=O)CSc2nc3ccccc3n2Cc2ccc(Cl)cc2)c1O. The number of methoxy groups -OCH3 is 1. The lowest BCUT2D eigenvalue weighted by molar-refractivity contribution is -0.118. The predicted molar refractivity (Wildman–Crippen MR) is 131 cm³/mol. The number of hydrogen-bond acceptors (Lipinski definition) is 6. The number of phenols is 1. The van der Waals surface area contributed by atoms with E-state index >= 15 is 0 Å². The van der Waals surface area contributed by atoms with Gasteiger partial charge in [0.1, 0.15) is 0 Å². The third kappa shape index (κ3) is 5.47. The maximum absolute atomic E-state index is 12.4. The molecule has 0 aliphatic heterocycles. The highest BCUT2D eigenvalue weighted by Crippen LogP contribution is 2.28. The van der Waals surface area contributed by atoms with Gasteiger partial charge in [-0.3, -0.25) is 4.79 Å². The number of nitrogens with zero attached hydrogens (tertiary/aromatic N) is 3. The molecule has 0 radical (unpaired) electrons. The summed E-state index contributed by atoms with van der Waals surface area (Å²) in [6.07, 6.45) is 1.37. The van der Waals surface area contributed by atoms with Crippen LogP contribution in [-0.4, -0.2) is 39.6 Å². The lowest BCUT2D eigenvalue weighted by Crippen LogP contribution is -2.20. The second kappa shape index (κ2) is 10.4. The minimum absolute atomic E-state index is 0.0386. The Morgan fingerprint density at radius 2 is 1.97 bits per heavy atom. The van der Waals surface area contributed by atoms with E-state index in [1.165, 1.54) is 25.1 Å². The molecule has 1 amide bonds. The van der Waals surface area contributed by atoms with Gasteiger partial charge in [0.05, 0.1) is 36.7 Å². The Bertz CT molecular complexity index is 1310. The zero-order valence-electron chi connectivity index (χ0n) is 17.7. The van der Waals surface area contributed by atoms with E-state index in [2.05, 4.69) is 15.1 Å². The van der Waals surface area contributed by atoms with Gasteiger partial charge in [0.15, 0.2) is 16.7 Å². The highest BCUT2D eigenvalue weighted by Gasteiger charge is 2.13. The van der Waals surface area contributed by atoms with Crippen molar-refractivity contribution >= 4 is 46.5 Å². The zero-order chi connectivity index (χ0) is 23.2. The minimum Gasteiger partial charge on any atom is -0.504 e. The van der Waals surface area contributed by atoms with Crippen molar-refractivity contribution in [3.8, 4) is 11.5 Å². The van der Waals surface area contributed by atoms with E-state index in [9.17, 15) is 9.90 Å². The van der Waals surface area contributed by atoms with Gasteiger partial charge in [-0.25, -0.2) is 10.4 Å². The summed E-state index contributed by atoms with van der Waals surface area (Å²) < 4.78 is 7.14. The predicted octanol–water partition coefficient (Wildman–Crippen LogP) is 4.69. The number of carbonyl (C=O) groups excluding carboxylic acids is 1. The van der Waals surface area contributed by atoms with Crippen molar-refractivity contribution in [2.45, 2.75) is 11.7 Å². The van der Waals surface area contributed by atoms with Gasteiger partial charge in [0.2, 0.25) is 0 Å². The summed E-state index contributed by atoms with van der Waals surface area (Å²) in [5.74, 6) is 0.137. The fourth-order valence-corrected chi connectivity index (χ4v) is 4.17. The normalized spacial score (nSPS) is 11.2. The number of thioether (sulfide) groups is 1. The van der Waals surface area contributed by atoms with E-state index in [1.807, 2.05) is 48.5 Å². The first kappa shape index (κ1) is 22.7. The lowest BCUT2D eigenvalue weighted by Gasteiger charge is -2.09. The van der Waals surface area contributed by atoms with Crippen molar-refractivity contribution in [3.63, 3.8) is 0 Å². The standard InChI is InChI=1S/C24H21ClN4O3S/c1-32-21-8-4-5-17(23(21)31)13-26-28-22(30)15-33-24-27-19-6-2-3-7-20(19)29(24)14-16-9-11-18(25)12-10-16/h2-13,31H,14-15H2,1H3,(H,28,30)/b26-13-. The molecule has 3 aromatic carbocycles. The van der Waals surface area contributed by atoms with Gasteiger partial charge in [-0.2, -0.15) is 5.10 Å². The minimum atomic E-state index is -0.288. The first-order valence-electron chi connectivity index (χ1n) is 10.1. The molecule has 168 valence electrons. The molecule has 33 heavy (non-hydrogen) atoms. The van der Waals surface area contributed by atoms with Crippen molar-refractivity contribution in [2.24, 2.45) is 5.10 Å². The summed E-state index contributed by atoms with van der Waals surface area (Å²) in [5, 5.41) is 15.4. The van der Waals surface area contributed by atoms with Crippen LogP contribution < -0.4 is 10.2 Å². The van der Waals surface area contributed by atoms with Crippen molar-refractivity contribution in [2.75, 3.05) is 12.9 Å². The smallest absolute Gasteiger partial charge is 0.250 e. The summed E-state index contributed by atoms with van der Waals surface area (Å²) in [7, 11) is 1.47. The van der Waals surface area contributed by atoms with Crippen LogP contribution in [0.4, 0.5) is 0 Å². The van der Waals surface area contributed by atoms with Crippen molar-refractivity contribution in [1.29, 1.82) is 0 Å². The molecule has 0 spiro atoms. The molecule has 0 bridgehead atoms. The van der Waals surface area contributed by atoms with Gasteiger partial charge >= 0.3 is 0 Å². The van der Waals surface area contributed by atoms with Crippen molar-refractivity contribution in [3.05, 3.63) is 82.9 Å². The van der Waals surface area contributed by atoms with Gasteiger partial charge in [0.25, 0.3) is 5.91 Å². The van der Waals surface area contributed by atoms with Crippen LogP contribution in [0.5, 0.6) is 11.5 Å². The Morgan fingerprint density at radius 1 is 1.18 bits per heavy atom. The van der Waals surface area contributed by atoms with Crippen LogP contribution in [0.25, 0.3) is 11.0 Å². The van der Waals surface area contributed by atoms with Crippen molar-refractivity contribution in [1.82, 2.24) is 15.0 Å². The highest BCUT2D eigenvalue weighted by atomic mass is 35.5. The topological polar surface area (TPSA) is 88.7 Å². The van der Waals surface area contributed by atoms with E-state index < -0.39 is 0 Å². The van der Waals surface area contributed by atoms with Crippen LogP contribution in [0.2, 0.25) is 5.02 Å². The Hall–Kier alpha value is -3.49. The quantitative estimate of drug-likeness (QED) is 0.217. The number of hydrogen-bond donors (Lipinski definition) is 2. The molecular formula is C24H21ClN4O3S. The number of fused-ring (bicyclic) bond motifs is 1. The average molecular weight is 481 g/mol. The van der Waals surface area contributed by atoms with E-state index in [0.29, 0.717) is 22.9 Å². The van der Waals surface area contributed by atoms with Gasteiger partial charge in [-0.05, 0) is 42.0 Å². The highest BCUT2D eigenvalue weighted by molar-refractivity contribution is 7.99. The molecule has 9 heteroatoms. The zero-order valence-corrected chi connectivity index (χ0v) is 19.3. The maximum atomic E-state index is 12.4. The third-order valence-corrected chi connectivity index (χ3v) is 6.08. The second-order valence-corrected chi connectivity index (χ2v) is 8.45. The van der Waals surface area contributed by atoms with E-state index in [0.717, 1.165) is 21.8 Å². The fourth-order valence-electron chi connectivity index (χ4n) is 3.23. The number of phenolic OH excluding ortho intramolecular Hbond substituents is 1. The van der Waals surface area contributed by atoms with Crippen LogP contribution in [0.1, 0.15) is 11.1 Å². The molecule has 0 aliphatic rings. The number of imidazole rings is 1. The molecule has 7 nitrogen and oxygen atoms in total. The number of nitrogens with one attached hydrogen (secondary N) is 1. The van der Waals surface area contributed by atoms with Crippen LogP contribution in [0.15, 0.2) is 77.0 Å². The number of ether oxygens (including phenoxy) is 1. The molecule has 0 atom stereocenters.